The minimum Gasteiger partial charge on any atom is -0.449 e. The number of thioether (sulfide) groups is 1. The quantitative estimate of drug-likeness (QED) is 0.488. The van der Waals surface area contributed by atoms with Crippen molar-refractivity contribution in [3.63, 3.8) is 0 Å². The number of hydrogen-bond acceptors (Lipinski definition) is 10. The van der Waals surface area contributed by atoms with Crippen LogP contribution in [0.3, 0.4) is 0 Å². The second-order valence-electron chi connectivity index (χ2n) is 6.34. The van der Waals surface area contributed by atoms with Crippen molar-refractivity contribution in [3.8, 4) is 0 Å². The van der Waals surface area contributed by atoms with Gasteiger partial charge in [0.05, 0.1) is 6.33 Å². The summed E-state index contributed by atoms with van der Waals surface area (Å²) in [6.45, 7) is 0. The molecule has 1 aliphatic rings. The Morgan fingerprint density at radius 1 is 1.09 bits per heavy atom. The van der Waals surface area contributed by atoms with Crippen LogP contribution in [0.5, 0.6) is 0 Å². The van der Waals surface area contributed by atoms with Gasteiger partial charge in [0.1, 0.15) is 17.9 Å². The van der Waals surface area contributed by atoms with Crippen molar-refractivity contribution in [1.82, 2.24) is 19.5 Å². The highest BCUT2D eigenvalue weighted by atomic mass is 32.2. The molecule has 4 unspecified atom stereocenters. The zero-order chi connectivity index (χ0) is 23.8. The first-order valence-electron chi connectivity index (χ1n) is 8.47. The van der Waals surface area contributed by atoms with Gasteiger partial charge in [-0.2, -0.15) is 38.1 Å². The van der Waals surface area contributed by atoms with Gasteiger partial charge in [0.25, 0.3) is 0 Å². The van der Waals surface area contributed by atoms with Crippen molar-refractivity contribution < 1.29 is 50.1 Å². The minimum atomic E-state index is -5.48. The van der Waals surface area contributed by atoms with Crippen LogP contribution < -0.4 is 5.73 Å². The lowest BCUT2D eigenvalue weighted by Crippen LogP contribution is -2.44. The van der Waals surface area contributed by atoms with E-state index >= 15 is 0 Å². The molecule has 2 N–H and O–H groups in total. The summed E-state index contributed by atoms with van der Waals surface area (Å²) in [6.07, 6.45) is -14.6. The fraction of sp³-hybridized carbons (Fsp3) is 0.533. The van der Waals surface area contributed by atoms with Crippen molar-refractivity contribution in [2.24, 2.45) is 0 Å². The van der Waals surface area contributed by atoms with Gasteiger partial charge in [0.15, 0.2) is 29.9 Å². The molecule has 0 aliphatic carbocycles. The Bertz CT molecular complexity index is 1010. The van der Waals surface area contributed by atoms with E-state index in [2.05, 4.69) is 24.4 Å². The zero-order valence-electron chi connectivity index (χ0n) is 15.8. The summed E-state index contributed by atoms with van der Waals surface area (Å²) >= 11 is 1.04. The van der Waals surface area contributed by atoms with Crippen molar-refractivity contribution in [2.45, 2.75) is 36.9 Å². The molecule has 10 nitrogen and oxygen atoms in total. The van der Waals surface area contributed by atoms with E-state index in [4.69, 9.17) is 10.5 Å². The number of halogens is 6. The molecule has 0 amide bonds. The molecule has 0 spiro atoms. The van der Waals surface area contributed by atoms with Gasteiger partial charge in [0, 0.05) is 5.75 Å². The highest BCUT2D eigenvalue weighted by Gasteiger charge is 2.56. The van der Waals surface area contributed by atoms with Crippen molar-refractivity contribution in [1.29, 1.82) is 0 Å². The number of fused-ring (bicyclic) bond motifs is 1. The Morgan fingerprint density at radius 2 is 1.69 bits per heavy atom. The average Bonchev–Trinajstić information content (AvgIpc) is 3.24. The van der Waals surface area contributed by atoms with Crippen LogP contribution in [0.1, 0.15) is 6.23 Å². The maximum atomic E-state index is 12.8. The summed E-state index contributed by atoms with van der Waals surface area (Å²) in [6, 6.07) is 0. The molecular weight excluding hydrogens is 476 g/mol. The first-order chi connectivity index (χ1) is 14.8. The maximum Gasteiger partial charge on any atom is 0.490 e. The molecule has 0 aromatic carbocycles. The number of esters is 2. The number of carbonyl (C=O) groups excluding carboxylic acids is 2. The molecule has 0 saturated carbocycles. The third-order valence-corrected chi connectivity index (χ3v) is 4.89. The third-order valence-electron chi connectivity index (χ3n) is 4.23. The lowest BCUT2D eigenvalue weighted by atomic mass is 10.1. The molecule has 17 heteroatoms. The van der Waals surface area contributed by atoms with Gasteiger partial charge in [-0.1, -0.05) is 0 Å². The first kappa shape index (κ1) is 23.8. The maximum absolute atomic E-state index is 12.8. The smallest absolute Gasteiger partial charge is 0.449 e. The predicted molar refractivity (Wildman–Crippen MR) is 93.9 cm³/mol. The number of carbonyl (C=O) groups is 2. The summed E-state index contributed by atoms with van der Waals surface area (Å²) in [4.78, 5) is 34.4. The molecule has 32 heavy (non-hydrogen) atoms. The number of hydrogen-bond donors (Lipinski definition) is 1. The number of alkyl halides is 6. The molecule has 2 aromatic rings. The molecule has 3 heterocycles. The Balaban J connectivity index is 2.06. The van der Waals surface area contributed by atoms with Gasteiger partial charge < -0.3 is 19.9 Å². The van der Waals surface area contributed by atoms with Crippen molar-refractivity contribution >= 4 is 40.7 Å². The van der Waals surface area contributed by atoms with Crippen LogP contribution in [0.15, 0.2) is 12.7 Å². The number of imidazole rings is 1. The molecule has 1 fully saturated rings. The van der Waals surface area contributed by atoms with Crippen molar-refractivity contribution in [3.05, 3.63) is 12.7 Å². The lowest BCUT2D eigenvalue weighted by Gasteiger charge is -2.25. The van der Waals surface area contributed by atoms with Crippen LogP contribution in [0.2, 0.25) is 0 Å². The van der Waals surface area contributed by atoms with E-state index in [0.29, 0.717) is 0 Å². The number of anilines is 1. The number of nitrogen functional groups attached to an aromatic ring is 1. The molecule has 4 atom stereocenters. The number of nitrogens with two attached hydrogens (primary N) is 1. The molecule has 1 aliphatic heterocycles. The Hall–Kier alpha value is -2.82. The van der Waals surface area contributed by atoms with E-state index in [1.165, 1.54) is 6.26 Å². The number of aromatic nitrogens is 4. The first-order valence-corrected chi connectivity index (χ1v) is 9.87. The average molecular weight is 489 g/mol. The second kappa shape index (κ2) is 8.61. The standard InChI is InChI=1S/C15H13F6N5O5S/c1-32-2-5-7(30-12(27)14(16,17)18)8(31-13(28)15(19,20)21)11(29-5)26-4-25-6-9(22)23-3-24-10(6)26/h3-5,7-8,11H,2H2,1H3,(H2,22,23,24). The van der Waals surface area contributed by atoms with Gasteiger partial charge >= 0.3 is 24.3 Å². The van der Waals surface area contributed by atoms with E-state index in [1.807, 2.05) is 0 Å². The monoisotopic (exact) mass is 489 g/mol. The Kier molecular flexibility index (Phi) is 6.41. The molecule has 0 radical (unpaired) electrons. The van der Waals surface area contributed by atoms with E-state index in [-0.39, 0.29) is 22.7 Å². The highest BCUT2D eigenvalue weighted by Crippen LogP contribution is 2.38. The van der Waals surface area contributed by atoms with E-state index in [0.717, 1.165) is 29.0 Å². The van der Waals surface area contributed by atoms with Crippen molar-refractivity contribution in [2.75, 3.05) is 17.7 Å². The van der Waals surface area contributed by atoms with Crippen LogP contribution in [0.4, 0.5) is 32.2 Å². The zero-order valence-corrected chi connectivity index (χ0v) is 16.6. The van der Waals surface area contributed by atoms with E-state index in [9.17, 15) is 35.9 Å². The number of ether oxygens (including phenoxy) is 3. The Labute approximate surface area is 178 Å². The third kappa shape index (κ3) is 4.67. The minimum absolute atomic E-state index is 0.00847. The fourth-order valence-electron chi connectivity index (χ4n) is 2.94. The van der Waals surface area contributed by atoms with Gasteiger partial charge in [-0.3, -0.25) is 4.57 Å². The molecule has 0 bridgehead atoms. The molecule has 3 rings (SSSR count). The van der Waals surface area contributed by atoms with Crippen LogP contribution in [0, 0.1) is 0 Å². The summed E-state index contributed by atoms with van der Waals surface area (Å²) in [5, 5.41) is 0. The number of nitrogens with zero attached hydrogens (tertiary/aromatic N) is 4. The largest absolute Gasteiger partial charge is 0.490 e. The van der Waals surface area contributed by atoms with Gasteiger partial charge in [0.2, 0.25) is 0 Å². The van der Waals surface area contributed by atoms with Crippen LogP contribution in [-0.2, 0) is 23.8 Å². The molecule has 176 valence electrons. The summed E-state index contributed by atoms with van der Waals surface area (Å²) < 4.78 is 92.2. The Morgan fingerprint density at radius 3 is 2.25 bits per heavy atom. The topological polar surface area (TPSA) is 131 Å². The summed E-state index contributed by atoms with van der Waals surface area (Å²) in [5.74, 6) is -5.62. The normalized spacial score (nSPS) is 24.0. The van der Waals surface area contributed by atoms with Crippen LogP contribution in [-0.4, -0.2) is 74.1 Å². The second-order valence-corrected chi connectivity index (χ2v) is 7.25. The molecule has 1 saturated heterocycles. The predicted octanol–water partition coefficient (Wildman–Crippen LogP) is 1.62. The van der Waals surface area contributed by atoms with Gasteiger partial charge in [-0.25, -0.2) is 24.5 Å². The van der Waals surface area contributed by atoms with Crippen LogP contribution >= 0.6 is 11.8 Å². The number of rotatable bonds is 5. The fourth-order valence-corrected chi connectivity index (χ4v) is 3.53. The molecule has 2 aromatic heterocycles. The van der Waals surface area contributed by atoms with Crippen LogP contribution in [0.25, 0.3) is 11.2 Å². The molecular formula is C15H13F6N5O5S. The summed E-state index contributed by atoms with van der Waals surface area (Å²) in [5.41, 5.74) is 5.60. The van der Waals surface area contributed by atoms with E-state index < -0.39 is 48.8 Å². The van der Waals surface area contributed by atoms with Gasteiger partial charge in [-0.15, -0.1) is 0 Å². The summed E-state index contributed by atoms with van der Waals surface area (Å²) in [7, 11) is 0. The lowest BCUT2D eigenvalue weighted by molar-refractivity contribution is -0.221. The SMILES string of the molecule is CSCC1OC(n2cnc3c(N)ncnc32)C(OC(=O)C(F)(F)F)C1OC(=O)C(F)(F)F. The van der Waals surface area contributed by atoms with Gasteiger partial charge in [-0.05, 0) is 6.26 Å². The van der Waals surface area contributed by atoms with E-state index in [1.54, 1.807) is 0 Å². The highest BCUT2D eigenvalue weighted by molar-refractivity contribution is 7.98.